The first-order valence-corrected chi connectivity index (χ1v) is 21.9. The van der Waals surface area contributed by atoms with E-state index in [2.05, 4.69) is 57.0 Å². The lowest BCUT2D eigenvalue weighted by Crippen LogP contribution is -2.53. The number of hydrogen-bond donors (Lipinski definition) is 4. The quantitative estimate of drug-likeness (QED) is 0.109. The summed E-state index contributed by atoms with van der Waals surface area (Å²) in [7, 11) is 2.58. The average molecular weight is 844 g/mol. The molecule has 5 aromatic rings. The highest BCUT2D eigenvalue weighted by atomic mass is 16.5. The molecule has 14 heteroatoms. The number of likely N-dealkylation sites (tertiary alicyclic amines) is 2. The van der Waals surface area contributed by atoms with Crippen molar-refractivity contribution in [3.63, 3.8) is 0 Å². The third kappa shape index (κ3) is 8.26. The van der Waals surface area contributed by atoms with E-state index in [4.69, 9.17) is 14.5 Å². The average Bonchev–Trinajstić information content (AvgIpc) is 4.05. The molecule has 8 rings (SSSR count). The fraction of sp³-hybridized carbons (Fsp3) is 0.458. The van der Waals surface area contributed by atoms with E-state index >= 15 is 0 Å². The van der Waals surface area contributed by atoms with Crippen LogP contribution >= 0.6 is 0 Å². The minimum atomic E-state index is -0.757. The molecule has 1 aliphatic carbocycles. The van der Waals surface area contributed by atoms with E-state index in [0.29, 0.717) is 34.9 Å². The zero-order chi connectivity index (χ0) is 43.8. The molecule has 0 bridgehead atoms. The normalized spacial score (nSPS) is 21.0. The van der Waals surface area contributed by atoms with E-state index in [1.165, 1.54) is 14.2 Å². The Hall–Kier alpha value is -6.18. The zero-order valence-electron chi connectivity index (χ0n) is 36.3. The molecular weight excluding hydrogens is 787 g/mol. The lowest BCUT2D eigenvalue weighted by atomic mass is 9.84. The maximum absolute atomic E-state index is 14.4. The van der Waals surface area contributed by atoms with Crippen LogP contribution in [-0.2, 0) is 19.1 Å². The molecular formula is C48H57N7O7. The number of rotatable bonds is 10. The van der Waals surface area contributed by atoms with Gasteiger partial charge in [-0.2, -0.15) is 0 Å². The van der Waals surface area contributed by atoms with E-state index in [1.807, 2.05) is 50.8 Å². The van der Waals surface area contributed by atoms with Gasteiger partial charge in [0.05, 0.1) is 43.7 Å². The summed E-state index contributed by atoms with van der Waals surface area (Å²) in [4.78, 5) is 81.6. The van der Waals surface area contributed by atoms with Crippen LogP contribution in [0.4, 0.5) is 9.59 Å². The Labute approximate surface area is 361 Å². The van der Waals surface area contributed by atoms with Crippen LogP contribution in [0, 0.1) is 17.8 Å². The largest absolute Gasteiger partial charge is 0.453 e. The molecule has 6 atom stereocenters. The van der Waals surface area contributed by atoms with Gasteiger partial charge in [0.25, 0.3) is 0 Å². The maximum Gasteiger partial charge on any atom is 0.407 e. The molecule has 326 valence electrons. The highest BCUT2D eigenvalue weighted by molar-refractivity contribution is 5.92. The number of carbonyl (C=O) groups excluding carboxylic acids is 4. The number of imidazole rings is 1. The van der Waals surface area contributed by atoms with E-state index in [1.54, 1.807) is 17.2 Å². The van der Waals surface area contributed by atoms with Crippen molar-refractivity contribution in [1.29, 1.82) is 0 Å². The Bertz CT molecular complexity index is 2560. The van der Waals surface area contributed by atoms with Gasteiger partial charge in [-0.05, 0) is 96.0 Å². The fourth-order valence-electron chi connectivity index (χ4n) is 9.99. The van der Waals surface area contributed by atoms with Gasteiger partial charge in [0.2, 0.25) is 11.8 Å². The highest BCUT2D eigenvalue weighted by Gasteiger charge is 2.48. The molecule has 4 N–H and O–H groups in total. The van der Waals surface area contributed by atoms with Gasteiger partial charge >= 0.3 is 12.2 Å². The molecule has 3 aromatic carbocycles. The second kappa shape index (κ2) is 17.7. The van der Waals surface area contributed by atoms with E-state index in [-0.39, 0.29) is 47.2 Å². The number of fused-ring (bicyclic) bond motifs is 3. The molecule has 3 fully saturated rings. The Morgan fingerprint density at radius 3 is 2.05 bits per heavy atom. The minimum absolute atomic E-state index is 0.0371. The maximum atomic E-state index is 14.4. The van der Waals surface area contributed by atoms with Gasteiger partial charge in [0, 0.05) is 35.3 Å². The van der Waals surface area contributed by atoms with E-state index in [9.17, 15) is 24.0 Å². The molecule has 0 unspecified atom stereocenters. The Kier molecular flexibility index (Phi) is 12.1. The van der Waals surface area contributed by atoms with Crippen molar-refractivity contribution in [2.24, 2.45) is 17.8 Å². The monoisotopic (exact) mass is 843 g/mol. The van der Waals surface area contributed by atoms with E-state index in [0.717, 1.165) is 78.1 Å². The number of benzene rings is 3. The predicted molar refractivity (Wildman–Crippen MR) is 237 cm³/mol. The van der Waals surface area contributed by atoms with Crippen molar-refractivity contribution in [3.05, 3.63) is 88.6 Å². The smallest absolute Gasteiger partial charge is 0.407 e. The first-order valence-electron chi connectivity index (χ1n) is 21.9. The molecule has 2 saturated heterocycles. The minimum Gasteiger partial charge on any atom is -0.453 e. The summed E-state index contributed by atoms with van der Waals surface area (Å²) in [6, 6.07) is 18.1. The fourth-order valence-corrected chi connectivity index (χ4v) is 9.99. The lowest BCUT2D eigenvalue weighted by Gasteiger charge is -2.37. The summed E-state index contributed by atoms with van der Waals surface area (Å²) in [5.74, 6) is 0.443. The number of H-pyrrole nitrogens is 2. The Morgan fingerprint density at radius 2 is 1.35 bits per heavy atom. The van der Waals surface area contributed by atoms with E-state index < -0.39 is 24.3 Å². The van der Waals surface area contributed by atoms with Gasteiger partial charge in [-0.3, -0.25) is 14.4 Å². The number of nitrogens with one attached hydrogen (secondary N) is 4. The number of hydrogen-bond acceptors (Lipinski definition) is 8. The van der Waals surface area contributed by atoms with Gasteiger partial charge in [-0.1, -0.05) is 70.9 Å². The highest BCUT2D eigenvalue weighted by Crippen LogP contribution is 2.46. The molecule has 3 aliphatic rings. The summed E-state index contributed by atoms with van der Waals surface area (Å²) >= 11 is 0. The van der Waals surface area contributed by atoms with Gasteiger partial charge in [-0.15, -0.1) is 0 Å². The number of pyridine rings is 1. The summed E-state index contributed by atoms with van der Waals surface area (Å²) in [6.07, 6.45) is 6.94. The van der Waals surface area contributed by atoms with Crippen LogP contribution in [0.2, 0.25) is 0 Å². The molecule has 1 saturated carbocycles. The number of carbonyl (C=O) groups is 4. The van der Waals surface area contributed by atoms with Crippen molar-refractivity contribution in [2.75, 3.05) is 20.8 Å². The van der Waals surface area contributed by atoms with Crippen LogP contribution in [0.1, 0.15) is 96.2 Å². The van der Waals surface area contributed by atoms with Crippen LogP contribution in [0.25, 0.3) is 44.1 Å². The molecule has 2 aromatic heterocycles. The number of aromatic amines is 2. The van der Waals surface area contributed by atoms with Gasteiger partial charge in [-0.25, -0.2) is 14.6 Å². The molecule has 0 spiro atoms. The number of aromatic nitrogens is 3. The topological polar surface area (TPSA) is 179 Å². The molecule has 14 nitrogen and oxygen atoms in total. The van der Waals surface area contributed by atoms with Gasteiger partial charge in [0.15, 0.2) is 5.43 Å². The second-order valence-electron chi connectivity index (χ2n) is 17.8. The number of methoxy groups -OCH3 is 2. The van der Waals surface area contributed by atoms with Crippen LogP contribution < -0.4 is 16.1 Å². The van der Waals surface area contributed by atoms with Crippen LogP contribution in [0.3, 0.4) is 0 Å². The second-order valence-corrected chi connectivity index (χ2v) is 17.8. The Morgan fingerprint density at radius 1 is 0.726 bits per heavy atom. The van der Waals surface area contributed by atoms with Crippen molar-refractivity contribution in [3.8, 4) is 22.4 Å². The first-order chi connectivity index (χ1) is 29.8. The Balaban J connectivity index is 1.04. The van der Waals surface area contributed by atoms with Crippen LogP contribution in [0.15, 0.2) is 71.7 Å². The third-order valence-electron chi connectivity index (χ3n) is 13.3. The van der Waals surface area contributed by atoms with Crippen LogP contribution in [-0.4, -0.2) is 87.6 Å². The van der Waals surface area contributed by atoms with Crippen molar-refractivity contribution in [2.45, 2.75) is 103 Å². The molecule has 4 heterocycles. The van der Waals surface area contributed by atoms with Crippen molar-refractivity contribution < 1.29 is 28.7 Å². The van der Waals surface area contributed by atoms with Gasteiger partial charge < -0.3 is 39.9 Å². The molecule has 62 heavy (non-hydrogen) atoms. The zero-order valence-corrected chi connectivity index (χ0v) is 36.3. The summed E-state index contributed by atoms with van der Waals surface area (Å²) in [5.41, 5.74) is 5.04. The standard InChI is InChI=1S/C48H57N7O7/c1-26(2)42(52-47(59)61-5)45(57)54-19-9-12-39(54)44-49-25-37(51-44)32-16-15-28-20-29(13-14-30(28)21-32)31-17-18-34-35(22-31)50-36(24-41(34)56)40-23-33-10-7-8-11-38(33)55(40)46(58)43(27(3)4)53-48(60)62-6/h13-18,20-22,24-27,33,38-40,42-43H,7-12,19,23H2,1-6H3,(H,49,51)(H,50,56)(H,52,59)(H,53,60)/t33-,38-,39-,40-,42-,43-/m0/s1. The SMILES string of the molecule is COC(=O)N[C@H](C(=O)N1CCC[C@H]1c1ncc(-c2ccc3cc(-c4ccc5c(=O)cc([C@@H]6C[C@@H]7CCCC[C@@H]7N6C(=O)[C@@H](NC(=O)OC)C(C)C)[nH]c5c4)ccc3c2)[nH]1)C(C)C. The number of ether oxygens (including phenoxy) is 2. The predicted octanol–water partition coefficient (Wildman–Crippen LogP) is 8.00. The van der Waals surface area contributed by atoms with Gasteiger partial charge in [0.1, 0.15) is 17.9 Å². The van der Waals surface area contributed by atoms with Crippen molar-refractivity contribution >= 4 is 45.7 Å². The van der Waals surface area contributed by atoms with Crippen molar-refractivity contribution in [1.82, 2.24) is 35.4 Å². The summed E-state index contributed by atoms with van der Waals surface area (Å²) in [5, 5.41) is 8.14. The molecule has 4 amide bonds. The molecule has 0 radical (unpaired) electrons. The first kappa shape index (κ1) is 42.5. The third-order valence-corrected chi connectivity index (χ3v) is 13.3. The lowest BCUT2D eigenvalue weighted by molar-refractivity contribution is -0.138. The number of alkyl carbamates (subject to hydrolysis) is 2. The van der Waals surface area contributed by atoms with Crippen LogP contribution in [0.5, 0.6) is 0 Å². The summed E-state index contributed by atoms with van der Waals surface area (Å²) < 4.78 is 9.65. The molecule has 2 aliphatic heterocycles. The number of amides is 4. The summed E-state index contributed by atoms with van der Waals surface area (Å²) in [6.45, 7) is 8.20. The number of nitrogens with zero attached hydrogens (tertiary/aromatic N) is 3.